The number of benzene rings is 1. The molecule has 1 aromatic carbocycles. The monoisotopic (exact) mass is 582 g/mol. The first kappa shape index (κ1) is 30.8. The van der Waals surface area contributed by atoms with Crippen LogP contribution >= 0.6 is 0 Å². The molecule has 1 saturated carbocycles. The first-order valence-corrected chi connectivity index (χ1v) is 18.1. The van der Waals surface area contributed by atoms with Gasteiger partial charge in [0.1, 0.15) is 12.4 Å². The number of amidine groups is 1. The molecule has 0 saturated heterocycles. The summed E-state index contributed by atoms with van der Waals surface area (Å²) in [6.45, 7) is 17.6. The van der Waals surface area contributed by atoms with Crippen LogP contribution in [0.1, 0.15) is 65.5 Å². The molecule has 41 heavy (non-hydrogen) atoms. The Morgan fingerprint density at radius 1 is 1.07 bits per heavy atom. The minimum atomic E-state index is -1.74. The summed E-state index contributed by atoms with van der Waals surface area (Å²) in [5, 5.41) is 5.99. The zero-order valence-electron chi connectivity index (χ0n) is 25.8. The van der Waals surface area contributed by atoms with Crippen molar-refractivity contribution in [2.75, 3.05) is 26.3 Å². The van der Waals surface area contributed by atoms with Crippen molar-refractivity contribution in [3.05, 3.63) is 47.0 Å². The van der Waals surface area contributed by atoms with E-state index in [1.807, 2.05) is 65.0 Å². The average molecular weight is 583 g/mol. The van der Waals surface area contributed by atoms with Crippen LogP contribution in [0.3, 0.4) is 0 Å². The highest BCUT2D eigenvalue weighted by Crippen LogP contribution is 2.55. The number of ether oxygens (including phenoxy) is 2. The number of carbonyl (C=O) groups is 3. The molecule has 9 nitrogen and oxygen atoms in total. The Bertz CT molecular complexity index is 1240. The van der Waals surface area contributed by atoms with Crippen LogP contribution < -0.4 is 10.6 Å². The third kappa shape index (κ3) is 6.37. The maximum absolute atomic E-state index is 13.7. The van der Waals surface area contributed by atoms with Crippen molar-refractivity contribution >= 4 is 32.0 Å². The van der Waals surface area contributed by atoms with Gasteiger partial charge in [0, 0.05) is 10.6 Å². The van der Waals surface area contributed by atoms with E-state index in [1.54, 1.807) is 4.90 Å². The highest BCUT2D eigenvalue weighted by molar-refractivity contribution is 6.82. The number of urea groups is 1. The standard InChI is InChI=1S/C31H46N4O5Si/c1-29(2,3)20-40-28(38)39-19-24(21-13-10-9-11-14-21)33-27(37)35-18-22-23(30(35,4)5)17-32-25(22)34-26(36)31(15-12-16-31)41(6,7)8/h9-11,13-14,24H,12,15-20H2,1-8H3,(H,33,37)(H,32,34,36)/t24-/m1/s1. The van der Waals surface area contributed by atoms with Crippen molar-refractivity contribution in [1.82, 2.24) is 15.5 Å². The van der Waals surface area contributed by atoms with Gasteiger partial charge in [-0.1, -0.05) is 77.2 Å². The molecule has 1 fully saturated rings. The van der Waals surface area contributed by atoms with Crippen LogP contribution in [0.4, 0.5) is 9.59 Å². The second kappa shape index (κ2) is 11.3. The van der Waals surface area contributed by atoms with Gasteiger partial charge in [0.05, 0.1) is 39.4 Å². The van der Waals surface area contributed by atoms with Crippen LogP contribution in [0.15, 0.2) is 46.5 Å². The topological polar surface area (TPSA) is 109 Å². The molecule has 0 unspecified atom stereocenters. The zero-order chi connectivity index (χ0) is 30.2. The fourth-order valence-corrected chi connectivity index (χ4v) is 8.46. The number of hydrogen-bond donors (Lipinski definition) is 2. The van der Waals surface area contributed by atoms with Gasteiger partial charge in [-0.05, 0) is 43.2 Å². The summed E-state index contributed by atoms with van der Waals surface area (Å²) in [6, 6.07) is 8.57. The summed E-state index contributed by atoms with van der Waals surface area (Å²) < 4.78 is 10.7. The molecule has 3 amide bonds. The Morgan fingerprint density at radius 2 is 1.73 bits per heavy atom. The number of amides is 3. The van der Waals surface area contributed by atoms with Gasteiger partial charge in [-0.25, -0.2) is 9.59 Å². The average Bonchev–Trinajstić information content (AvgIpc) is 3.36. The summed E-state index contributed by atoms with van der Waals surface area (Å²) in [6.07, 6.45) is 2.18. The summed E-state index contributed by atoms with van der Waals surface area (Å²) in [5.41, 5.74) is 1.98. The lowest BCUT2D eigenvalue weighted by atomic mass is 9.83. The van der Waals surface area contributed by atoms with E-state index in [-0.39, 0.29) is 35.6 Å². The summed E-state index contributed by atoms with van der Waals surface area (Å²) >= 11 is 0. The quantitative estimate of drug-likeness (QED) is 0.311. The second-order valence-electron chi connectivity index (χ2n) is 14.2. The third-order valence-corrected chi connectivity index (χ3v) is 12.4. The molecule has 0 bridgehead atoms. The smallest absolute Gasteiger partial charge is 0.434 e. The highest BCUT2D eigenvalue weighted by Gasteiger charge is 2.54. The number of carbonyl (C=O) groups excluding carboxylic acids is 3. The van der Waals surface area contributed by atoms with Gasteiger partial charge in [-0.15, -0.1) is 0 Å². The molecule has 4 rings (SSSR count). The van der Waals surface area contributed by atoms with Gasteiger partial charge in [-0.3, -0.25) is 9.79 Å². The predicted molar refractivity (Wildman–Crippen MR) is 163 cm³/mol. The van der Waals surface area contributed by atoms with Gasteiger partial charge in [-0.2, -0.15) is 0 Å². The van der Waals surface area contributed by atoms with Gasteiger partial charge in [0.2, 0.25) is 5.91 Å². The molecule has 10 heteroatoms. The van der Waals surface area contributed by atoms with Gasteiger partial charge >= 0.3 is 12.2 Å². The van der Waals surface area contributed by atoms with Gasteiger partial charge < -0.3 is 25.0 Å². The number of aliphatic imine (C=N–C) groups is 1. The van der Waals surface area contributed by atoms with Crippen LogP contribution in [-0.2, 0) is 14.3 Å². The summed E-state index contributed by atoms with van der Waals surface area (Å²) in [5.74, 6) is 0.679. The normalized spacial score (nSPS) is 20.0. The SMILES string of the molecule is CC(C)(C)COC(=O)OC[C@@H](NC(=O)N1CC2=C(CN=C2NC(=O)C2([Si](C)(C)C)CCC2)C1(C)C)c1ccccc1. The first-order chi connectivity index (χ1) is 19.0. The van der Waals surface area contributed by atoms with E-state index in [4.69, 9.17) is 14.5 Å². The first-order valence-electron chi connectivity index (χ1n) is 14.6. The molecule has 0 spiro atoms. The number of hydrogen-bond acceptors (Lipinski definition) is 6. The van der Waals surface area contributed by atoms with E-state index in [0.29, 0.717) is 18.9 Å². The number of nitrogens with zero attached hydrogens (tertiary/aromatic N) is 2. The fraction of sp³-hybridized carbons (Fsp3) is 0.613. The Hall–Kier alpha value is -3.14. The maximum Gasteiger partial charge on any atom is 0.508 e. The van der Waals surface area contributed by atoms with Crippen molar-refractivity contribution in [1.29, 1.82) is 0 Å². The van der Waals surface area contributed by atoms with Crippen LogP contribution in [0.5, 0.6) is 0 Å². The number of rotatable bonds is 7. The number of nitrogens with one attached hydrogen (secondary N) is 2. The minimum absolute atomic E-state index is 0.0678. The second-order valence-corrected chi connectivity index (χ2v) is 19.7. The molecular formula is C31H46N4O5Si. The molecule has 2 heterocycles. The molecule has 224 valence electrons. The molecule has 1 aromatic rings. The lowest BCUT2D eigenvalue weighted by Gasteiger charge is -2.49. The fourth-order valence-electron chi connectivity index (χ4n) is 5.86. The predicted octanol–water partition coefficient (Wildman–Crippen LogP) is 5.82. The van der Waals surface area contributed by atoms with Crippen molar-refractivity contribution in [2.24, 2.45) is 10.4 Å². The maximum atomic E-state index is 13.7. The Kier molecular flexibility index (Phi) is 8.46. The van der Waals surface area contributed by atoms with Gasteiger partial charge in [0.15, 0.2) is 0 Å². The molecular weight excluding hydrogens is 536 g/mol. The summed E-state index contributed by atoms with van der Waals surface area (Å²) in [7, 11) is -1.74. The van der Waals surface area contributed by atoms with Crippen LogP contribution in [-0.4, -0.2) is 68.7 Å². The third-order valence-electron chi connectivity index (χ3n) is 8.82. The molecule has 1 atom stereocenters. The van der Waals surface area contributed by atoms with Crippen LogP contribution in [0.25, 0.3) is 0 Å². The molecule has 3 aliphatic rings. The van der Waals surface area contributed by atoms with Crippen molar-refractivity contribution < 1.29 is 23.9 Å². The van der Waals surface area contributed by atoms with E-state index >= 15 is 0 Å². The van der Waals surface area contributed by atoms with Crippen LogP contribution in [0, 0.1) is 5.41 Å². The van der Waals surface area contributed by atoms with Crippen LogP contribution in [0.2, 0.25) is 24.7 Å². The molecule has 0 radical (unpaired) electrons. The lowest BCUT2D eigenvalue weighted by molar-refractivity contribution is -0.125. The largest absolute Gasteiger partial charge is 0.508 e. The van der Waals surface area contributed by atoms with E-state index < -0.39 is 25.8 Å². The molecule has 0 aromatic heterocycles. The van der Waals surface area contributed by atoms with Crippen molar-refractivity contribution in [2.45, 2.75) is 90.1 Å². The van der Waals surface area contributed by atoms with Crippen molar-refractivity contribution in [3.63, 3.8) is 0 Å². The Labute approximate surface area is 245 Å². The van der Waals surface area contributed by atoms with E-state index in [2.05, 4.69) is 30.3 Å². The minimum Gasteiger partial charge on any atom is -0.434 e. The molecule has 2 N–H and O–H groups in total. The van der Waals surface area contributed by atoms with Gasteiger partial charge in [0.25, 0.3) is 0 Å². The van der Waals surface area contributed by atoms with Crippen molar-refractivity contribution in [3.8, 4) is 0 Å². The molecule has 1 aliphatic carbocycles. The Morgan fingerprint density at radius 3 is 2.29 bits per heavy atom. The van der Waals surface area contributed by atoms with E-state index in [9.17, 15) is 14.4 Å². The Balaban J connectivity index is 1.44. The lowest BCUT2D eigenvalue weighted by Crippen LogP contribution is -2.55. The van der Waals surface area contributed by atoms with E-state index in [0.717, 1.165) is 36.0 Å². The molecule has 2 aliphatic heterocycles. The summed E-state index contributed by atoms with van der Waals surface area (Å²) in [4.78, 5) is 46.0. The van der Waals surface area contributed by atoms with E-state index in [1.165, 1.54) is 0 Å². The highest BCUT2D eigenvalue weighted by atomic mass is 28.3. The zero-order valence-corrected chi connectivity index (χ0v) is 26.8.